The van der Waals surface area contributed by atoms with Gasteiger partial charge in [-0.25, -0.2) is 0 Å². The van der Waals surface area contributed by atoms with Crippen molar-refractivity contribution in [2.24, 2.45) is 0 Å². The topological polar surface area (TPSA) is 75.7 Å². The number of para-hydroxylation sites is 1. The molecule has 1 aliphatic carbocycles. The second-order valence-corrected chi connectivity index (χ2v) is 7.28. The lowest BCUT2D eigenvalue weighted by Crippen LogP contribution is -2.32. The van der Waals surface area contributed by atoms with E-state index < -0.39 is 0 Å². The lowest BCUT2D eigenvalue weighted by Gasteiger charge is -2.22. The normalized spacial score (nSPS) is 18.1. The molecule has 6 nitrogen and oxygen atoms in total. The number of benzene rings is 1. The van der Waals surface area contributed by atoms with Gasteiger partial charge in [0.05, 0.1) is 31.5 Å². The second-order valence-electron chi connectivity index (χ2n) is 7.28. The van der Waals surface area contributed by atoms with E-state index in [2.05, 4.69) is 5.32 Å². The maximum atomic E-state index is 12.9. The molecule has 2 aliphatic rings. The van der Waals surface area contributed by atoms with Crippen LogP contribution in [0.25, 0.3) is 0 Å². The van der Waals surface area contributed by atoms with Crippen LogP contribution in [-0.2, 0) is 24.2 Å². The minimum Gasteiger partial charge on any atom is -0.469 e. The fraction of sp³-hybridized carbons (Fsp3) is 0.273. The number of rotatable bonds is 4. The lowest BCUT2D eigenvalue weighted by atomic mass is 9.93. The largest absolute Gasteiger partial charge is 0.469 e. The first-order chi connectivity index (χ1) is 13.7. The number of hydrogen-bond donors (Lipinski definition) is 1. The summed E-state index contributed by atoms with van der Waals surface area (Å²) in [6, 6.07) is 11.3. The Morgan fingerprint density at radius 3 is 2.93 bits per heavy atom. The van der Waals surface area contributed by atoms with Crippen molar-refractivity contribution in [1.82, 2.24) is 5.32 Å². The van der Waals surface area contributed by atoms with Crippen LogP contribution in [0, 0.1) is 0 Å². The van der Waals surface area contributed by atoms with Gasteiger partial charge in [-0.3, -0.25) is 9.59 Å². The Hall–Kier alpha value is -3.28. The van der Waals surface area contributed by atoms with Gasteiger partial charge in [-0.05, 0) is 36.6 Å². The third-order valence-electron chi connectivity index (χ3n) is 5.56. The summed E-state index contributed by atoms with van der Waals surface area (Å²) in [7, 11) is 0. The number of hydrogen-bond acceptors (Lipinski definition) is 4. The van der Waals surface area contributed by atoms with Crippen LogP contribution in [-0.4, -0.2) is 11.8 Å². The third kappa shape index (κ3) is 2.81. The van der Waals surface area contributed by atoms with E-state index in [-0.39, 0.29) is 23.6 Å². The highest BCUT2D eigenvalue weighted by molar-refractivity contribution is 6.01. The maximum absolute atomic E-state index is 12.9. The van der Waals surface area contributed by atoms with Crippen LogP contribution in [0.3, 0.4) is 0 Å². The monoisotopic (exact) mass is 376 g/mol. The average Bonchev–Trinajstić information content (AvgIpc) is 3.42. The molecule has 3 heterocycles. The highest BCUT2D eigenvalue weighted by Crippen LogP contribution is 2.32. The highest BCUT2D eigenvalue weighted by atomic mass is 16.3. The summed E-state index contributed by atoms with van der Waals surface area (Å²) in [6.45, 7) is 0.316. The molecule has 0 saturated heterocycles. The molecule has 1 N–H and O–H groups in total. The number of nitrogens with zero attached hydrogens (tertiary/aromatic N) is 1. The fourth-order valence-corrected chi connectivity index (χ4v) is 4.18. The Morgan fingerprint density at radius 2 is 2.00 bits per heavy atom. The summed E-state index contributed by atoms with van der Waals surface area (Å²) >= 11 is 0. The molecular weight excluding hydrogens is 356 g/mol. The molecule has 3 aromatic rings. The van der Waals surface area contributed by atoms with Crippen molar-refractivity contribution in [3.05, 3.63) is 77.1 Å². The summed E-state index contributed by atoms with van der Waals surface area (Å²) in [5.41, 5.74) is 3.65. The summed E-state index contributed by atoms with van der Waals surface area (Å²) in [5.74, 6) is 0.964. The Kier molecular flexibility index (Phi) is 4.04. The van der Waals surface area contributed by atoms with E-state index in [0.29, 0.717) is 18.5 Å². The molecule has 0 spiro atoms. The Bertz CT molecular complexity index is 1050. The lowest BCUT2D eigenvalue weighted by molar-refractivity contribution is -0.117. The van der Waals surface area contributed by atoms with E-state index >= 15 is 0 Å². The van der Waals surface area contributed by atoms with Gasteiger partial charge in [-0.1, -0.05) is 18.2 Å². The average molecular weight is 376 g/mol. The van der Waals surface area contributed by atoms with Crippen molar-refractivity contribution in [2.75, 3.05) is 4.90 Å². The highest BCUT2D eigenvalue weighted by Gasteiger charge is 2.30. The molecule has 5 rings (SSSR count). The molecule has 2 amide bonds. The van der Waals surface area contributed by atoms with Gasteiger partial charge in [0, 0.05) is 23.2 Å². The van der Waals surface area contributed by atoms with Gasteiger partial charge in [-0.15, -0.1) is 0 Å². The van der Waals surface area contributed by atoms with Crippen molar-refractivity contribution in [1.29, 1.82) is 0 Å². The Labute approximate surface area is 162 Å². The SMILES string of the molecule is O=C(N[C@@H]1CCCc2occc21)c1occc1CN1C(=O)Cc2ccccc21. The number of anilines is 1. The molecule has 1 aromatic carbocycles. The van der Waals surface area contributed by atoms with E-state index in [9.17, 15) is 9.59 Å². The number of amides is 2. The first-order valence-electron chi connectivity index (χ1n) is 9.52. The Morgan fingerprint density at radius 1 is 1.14 bits per heavy atom. The number of carbonyl (C=O) groups excluding carboxylic acids is 2. The predicted molar refractivity (Wildman–Crippen MR) is 102 cm³/mol. The fourth-order valence-electron chi connectivity index (χ4n) is 4.18. The number of carbonyl (C=O) groups is 2. The molecule has 0 radical (unpaired) electrons. The first kappa shape index (κ1) is 16.9. The van der Waals surface area contributed by atoms with Crippen molar-refractivity contribution in [3.8, 4) is 0 Å². The molecule has 142 valence electrons. The number of nitrogens with one attached hydrogen (secondary N) is 1. The predicted octanol–water partition coefficient (Wildman–Crippen LogP) is 3.77. The van der Waals surface area contributed by atoms with E-state index in [1.807, 2.05) is 30.3 Å². The standard InChI is InChI=1S/C22H20N2O4/c25-20-12-14-4-1-2-6-18(14)24(20)13-15-8-10-28-21(15)22(26)23-17-5-3-7-19-16(17)9-11-27-19/h1-2,4,6,8-11,17H,3,5,7,12-13H2,(H,23,26)/t17-/m1/s1. The molecule has 0 fully saturated rings. The minimum atomic E-state index is -0.265. The summed E-state index contributed by atoms with van der Waals surface area (Å²) < 4.78 is 11.0. The molecule has 0 saturated carbocycles. The number of fused-ring (bicyclic) bond motifs is 2. The molecule has 0 bridgehead atoms. The zero-order valence-electron chi connectivity index (χ0n) is 15.3. The van der Waals surface area contributed by atoms with Crippen molar-refractivity contribution >= 4 is 17.5 Å². The first-order valence-corrected chi connectivity index (χ1v) is 9.52. The minimum absolute atomic E-state index is 0.0316. The van der Waals surface area contributed by atoms with Crippen LogP contribution < -0.4 is 10.2 Å². The molecule has 28 heavy (non-hydrogen) atoms. The maximum Gasteiger partial charge on any atom is 0.287 e. The number of aryl methyl sites for hydroxylation is 1. The molecule has 2 aromatic heterocycles. The molecular formula is C22H20N2O4. The number of furan rings is 2. The van der Waals surface area contributed by atoms with Gasteiger partial charge in [0.1, 0.15) is 5.76 Å². The van der Waals surface area contributed by atoms with Crippen LogP contribution in [0.2, 0.25) is 0 Å². The van der Waals surface area contributed by atoms with Crippen LogP contribution in [0.15, 0.2) is 57.8 Å². The van der Waals surface area contributed by atoms with Crippen LogP contribution in [0.1, 0.15) is 51.9 Å². The van der Waals surface area contributed by atoms with Gasteiger partial charge in [0.2, 0.25) is 5.91 Å². The van der Waals surface area contributed by atoms with Crippen molar-refractivity contribution < 1.29 is 18.4 Å². The van der Waals surface area contributed by atoms with E-state index in [1.54, 1.807) is 17.2 Å². The van der Waals surface area contributed by atoms with E-state index in [1.165, 1.54) is 6.26 Å². The van der Waals surface area contributed by atoms with Gasteiger partial charge < -0.3 is 19.1 Å². The summed E-state index contributed by atoms with van der Waals surface area (Å²) in [5, 5.41) is 3.06. The van der Waals surface area contributed by atoms with Crippen LogP contribution in [0.4, 0.5) is 5.69 Å². The van der Waals surface area contributed by atoms with Crippen molar-refractivity contribution in [3.63, 3.8) is 0 Å². The zero-order chi connectivity index (χ0) is 19.1. The van der Waals surface area contributed by atoms with Gasteiger partial charge in [-0.2, -0.15) is 0 Å². The third-order valence-corrected chi connectivity index (χ3v) is 5.56. The van der Waals surface area contributed by atoms with Crippen molar-refractivity contribution in [2.45, 2.75) is 38.3 Å². The van der Waals surface area contributed by atoms with Gasteiger partial charge >= 0.3 is 0 Å². The van der Waals surface area contributed by atoms with Crippen LogP contribution in [0.5, 0.6) is 0 Å². The zero-order valence-corrected chi connectivity index (χ0v) is 15.3. The molecule has 0 unspecified atom stereocenters. The summed E-state index contributed by atoms with van der Waals surface area (Å²) in [4.78, 5) is 27.1. The molecule has 6 heteroatoms. The van der Waals surface area contributed by atoms with Gasteiger partial charge in [0.25, 0.3) is 5.91 Å². The van der Waals surface area contributed by atoms with Crippen LogP contribution >= 0.6 is 0 Å². The quantitative estimate of drug-likeness (QED) is 0.752. The van der Waals surface area contributed by atoms with E-state index in [0.717, 1.165) is 41.8 Å². The molecule has 1 aliphatic heterocycles. The second kappa shape index (κ2) is 6.71. The van der Waals surface area contributed by atoms with Gasteiger partial charge in [0.15, 0.2) is 5.76 Å². The Balaban J connectivity index is 1.36. The smallest absolute Gasteiger partial charge is 0.287 e. The molecule has 1 atom stereocenters. The summed E-state index contributed by atoms with van der Waals surface area (Å²) in [6.07, 6.45) is 6.30. The van der Waals surface area contributed by atoms with E-state index in [4.69, 9.17) is 8.83 Å².